The van der Waals surface area contributed by atoms with Crippen molar-refractivity contribution in [1.29, 1.82) is 5.26 Å². The molecule has 0 radical (unpaired) electrons. The molecule has 2 amide bonds. The van der Waals surface area contributed by atoms with E-state index < -0.39 is 6.10 Å². The van der Waals surface area contributed by atoms with E-state index in [0.29, 0.717) is 42.4 Å². The van der Waals surface area contributed by atoms with Gasteiger partial charge in [0.1, 0.15) is 11.8 Å². The molecule has 30 heavy (non-hydrogen) atoms. The van der Waals surface area contributed by atoms with Crippen molar-refractivity contribution >= 4 is 28.3 Å². The molecule has 0 spiro atoms. The average molecular weight is 427 g/mol. The Morgan fingerprint density at radius 2 is 2.00 bits per heavy atom. The Morgan fingerprint density at radius 1 is 1.30 bits per heavy atom. The Morgan fingerprint density at radius 3 is 2.60 bits per heavy atom. The SMILES string of the molecule is Cc1csc(NC(=O)C2CCN(C(=O)C(Oc3ccccc3C#N)C(C)C)CC2)n1. The minimum atomic E-state index is -0.678. The maximum Gasteiger partial charge on any atom is 0.263 e. The Balaban J connectivity index is 1.59. The number of anilines is 1. The van der Waals surface area contributed by atoms with Crippen molar-refractivity contribution in [2.45, 2.75) is 39.7 Å². The normalized spacial score (nSPS) is 15.5. The minimum Gasteiger partial charge on any atom is -0.479 e. The van der Waals surface area contributed by atoms with E-state index in [1.54, 1.807) is 29.2 Å². The van der Waals surface area contributed by atoms with Gasteiger partial charge in [-0.1, -0.05) is 26.0 Å². The number of rotatable bonds is 6. The van der Waals surface area contributed by atoms with Crippen molar-refractivity contribution in [2.24, 2.45) is 11.8 Å². The fourth-order valence-electron chi connectivity index (χ4n) is 3.43. The monoisotopic (exact) mass is 426 g/mol. The highest BCUT2D eigenvalue weighted by Crippen LogP contribution is 2.25. The first-order chi connectivity index (χ1) is 14.4. The van der Waals surface area contributed by atoms with Gasteiger partial charge in [-0.15, -0.1) is 11.3 Å². The summed E-state index contributed by atoms with van der Waals surface area (Å²) in [7, 11) is 0. The number of likely N-dealkylation sites (tertiary alicyclic amines) is 1. The zero-order chi connectivity index (χ0) is 21.7. The molecule has 7 nitrogen and oxygen atoms in total. The van der Waals surface area contributed by atoms with Crippen molar-refractivity contribution in [2.75, 3.05) is 18.4 Å². The highest BCUT2D eigenvalue weighted by atomic mass is 32.1. The molecule has 8 heteroatoms. The van der Waals surface area contributed by atoms with Crippen LogP contribution in [0.25, 0.3) is 0 Å². The molecule has 1 aliphatic heterocycles. The minimum absolute atomic E-state index is 0.0453. The van der Waals surface area contributed by atoms with Crippen molar-refractivity contribution in [3.63, 3.8) is 0 Å². The molecule has 2 heterocycles. The van der Waals surface area contributed by atoms with Gasteiger partial charge in [0.25, 0.3) is 5.91 Å². The fourth-order valence-corrected chi connectivity index (χ4v) is 4.12. The number of nitriles is 1. The molecule has 1 aromatic carbocycles. The Hall–Kier alpha value is -2.92. The number of hydrogen-bond acceptors (Lipinski definition) is 6. The van der Waals surface area contributed by atoms with E-state index in [0.717, 1.165) is 5.69 Å². The number of para-hydroxylation sites is 1. The lowest BCUT2D eigenvalue weighted by molar-refractivity contribution is -0.143. The summed E-state index contributed by atoms with van der Waals surface area (Å²) in [6, 6.07) is 9.03. The number of aromatic nitrogens is 1. The molecule has 2 aromatic rings. The summed E-state index contributed by atoms with van der Waals surface area (Å²) >= 11 is 1.41. The van der Waals surface area contributed by atoms with Crippen molar-refractivity contribution in [1.82, 2.24) is 9.88 Å². The third-order valence-electron chi connectivity index (χ3n) is 5.14. The first-order valence-electron chi connectivity index (χ1n) is 10.1. The molecule has 1 fully saturated rings. The number of nitrogens with one attached hydrogen (secondary N) is 1. The lowest BCUT2D eigenvalue weighted by atomic mass is 9.95. The van der Waals surface area contributed by atoms with Crippen molar-refractivity contribution < 1.29 is 14.3 Å². The summed E-state index contributed by atoms with van der Waals surface area (Å²) in [4.78, 5) is 31.7. The van der Waals surface area contributed by atoms with Crippen LogP contribution in [-0.2, 0) is 9.59 Å². The van der Waals surface area contributed by atoms with Gasteiger partial charge in [-0.05, 0) is 37.8 Å². The number of thiazole rings is 1. The van der Waals surface area contributed by atoms with Crippen molar-refractivity contribution in [3.05, 3.63) is 40.9 Å². The van der Waals surface area contributed by atoms with Gasteiger partial charge in [0.05, 0.1) is 11.3 Å². The zero-order valence-corrected chi connectivity index (χ0v) is 18.2. The largest absolute Gasteiger partial charge is 0.479 e. The third-order valence-corrected chi connectivity index (χ3v) is 6.01. The van der Waals surface area contributed by atoms with Crippen molar-refractivity contribution in [3.8, 4) is 11.8 Å². The number of piperidine rings is 1. The van der Waals surface area contributed by atoms with Gasteiger partial charge in [0.2, 0.25) is 5.91 Å². The number of carbonyl (C=O) groups excluding carboxylic acids is 2. The first kappa shape index (κ1) is 21.8. The second kappa shape index (κ2) is 9.72. The Bertz CT molecular complexity index is 942. The number of benzene rings is 1. The third kappa shape index (κ3) is 5.16. The molecule has 1 N–H and O–H groups in total. The zero-order valence-electron chi connectivity index (χ0n) is 17.4. The molecule has 0 aliphatic carbocycles. The highest BCUT2D eigenvalue weighted by molar-refractivity contribution is 7.13. The van der Waals surface area contributed by atoms with Gasteiger partial charge in [-0.2, -0.15) is 5.26 Å². The van der Waals surface area contributed by atoms with Gasteiger partial charge < -0.3 is 15.0 Å². The van der Waals surface area contributed by atoms with Gasteiger partial charge in [-0.25, -0.2) is 4.98 Å². The van der Waals surface area contributed by atoms with E-state index in [9.17, 15) is 14.9 Å². The Labute approximate surface area is 180 Å². The molecule has 1 aliphatic rings. The lowest BCUT2D eigenvalue weighted by Crippen LogP contribution is -2.49. The number of aryl methyl sites for hydroxylation is 1. The van der Waals surface area contributed by atoms with Crippen LogP contribution in [-0.4, -0.2) is 40.9 Å². The van der Waals surface area contributed by atoms with E-state index in [1.165, 1.54) is 11.3 Å². The van der Waals surface area contributed by atoms with E-state index >= 15 is 0 Å². The number of carbonyl (C=O) groups is 2. The lowest BCUT2D eigenvalue weighted by Gasteiger charge is -2.34. The smallest absolute Gasteiger partial charge is 0.263 e. The van der Waals surface area contributed by atoms with E-state index in [2.05, 4.69) is 16.4 Å². The highest BCUT2D eigenvalue weighted by Gasteiger charge is 2.34. The van der Waals surface area contributed by atoms with Gasteiger partial charge >= 0.3 is 0 Å². The van der Waals surface area contributed by atoms with Crippen LogP contribution in [0.3, 0.4) is 0 Å². The molecule has 1 unspecified atom stereocenters. The summed E-state index contributed by atoms with van der Waals surface area (Å²) < 4.78 is 5.97. The number of amides is 2. The summed E-state index contributed by atoms with van der Waals surface area (Å²) in [6.07, 6.45) is 0.520. The molecule has 158 valence electrons. The standard InChI is InChI=1S/C22H26N4O3S/c1-14(2)19(29-18-7-5-4-6-17(18)12-23)21(28)26-10-8-16(9-11-26)20(27)25-22-24-15(3)13-30-22/h4-7,13-14,16,19H,8-11H2,1-3H3,(H,24,25,27). The van der Waals surface area contributed by atoms with E-state index in [-0.39, 0.29) is 23.7 Å². The Kier molecular flexibility index (Phi) is 7.06. The molecule has 0 bridgehead atoms. The molecule has 1 aromatic heterocycles. The molecule has 1 saturated heterocycles. The average Bonchev–Trinajstić information content (AvgIpc) is 3.16. The first-order valence-corrected chi connectivity index (χ1v) is 10.9. The topological polar surface area (TPSA) is 95.3 Å². The second-order valence-electron chi connectivity index (χ2n) is 7.77. The van der Waals surface area contributed by atoms with Gasteiger partial charge in [-0.3, -0.25) is 9.59 Å². The number of ether oxygens (including phenoxy) is 1. The summed E-state index contributed by atoms with van der Waals surface area (Å²) in [5, 5.41) is 14.7. The molecular weight excluding hydrogens is 400 g/mol. The predicted molar refractivity (Wildman–Crippen MR) is 115 cm³/mol. The molecular formula is C22H26N4O3S. The molecule has 3 rings (SSSR count). The summed E-state index contributed by atoms with van der Waals surface area (Å²) in [5.41, 5.74) is 1.29. The van der Waals surface area contributed by atoms with E-state index in [1.807, 2.05) is 26.2 Å². The fraction of sp³-hybridized carbons (Fsp3) is 0.455. The maximum atomic E-state index is 13.1. The van der Waals surface area contributed by atoms with Crippen LogP contribution in [0.4, 0.5) is 5.13 Å². The summed E-state index contributed by atoms with van der Waals surface area (Å²) in [5.74, 6) is 0.0673. The number of hydrogen-bond donors (Lipinski definition) is 1. The number of nitrogens with zero attached hydrogens (tertiary/aromatic N) is 3. The maximum absolute atomic E-state index is 13.1. The summed E-state index contributed by atoms with van der Waals surface area (Å²) in [6.45, 7) is 6.74. The van der Waals surface area contributed by atoms with Gasteiger partial charge in [0, 0.05) is 24.4 Å². The van der Waals surface area contributed by atoms with Crippen LogP contribution in [0.1, 0.15) is 37.9 Å². The quantitative estimate of drug-likeness (QED) is 0.761. The van der Waals surface area contributed by atoms with Gasteiger partial charge in [0.15, 0.2) is 11.2 Å². The van der Waals surface area contributed by atoms with Crippen LogP contribution in [0.5, 0.6) is 5.75 Å². The van der Waals surface area contributed by atoms with Crippen LogP contribution >= 0.6 is 11.3 Å². The van der Waals surface area contributed by atoms with Crippen LogP contribution in [0, 0.1) is 30.1 Å². The van der Waals surface area contributed by atoms with E-state index in [4.69, 9.17) is 4.74 Å². The van der Waals surface area contributed by atoms with Crippen LogP contribution in [0.2, 0.25) is 0 Å². The molecule has 1 atom stereocenters. The molecule has 0 saturated carbocycles. The predicted octanol–water partition coefficient (Wildman–Crippen LogP) is 3.60. The van der Waals surface area contributed by atoms with Crippen LogP contribution in [0.15, 0.2) is 29.6 Å². The van der Waals surface area contributed by atoms with Crippen LogP contribution < -0.4 is 10.1 Å². The second-order valence-corrected chi connectivity index (χ2v) is 8.63.